The molecule has 0 aliphatic carbocycles. The van der Waals surface area contributed by atoms with Crippen LogP contribution in [0, 0.1) is 0 Å². The van der Waals surface area contributed by atoms with E-state index in [0.717, 1.165) is 34.6 Å². The van der Waals surface area contributed by atoms with Crippen LogP contribution in [0.3, 0.4) is 0 Å². The summed E-state index contributed by atoms with van der Waals surface area (Å²) in [5.74, 6) is 0.172. The van der Waals surface area contributed by atoms with Gasteiger partial charge < -0.3 is 10.2 Å². The third-order valence-electron chi connectivity index (χ3n) is 2.97. The molecule has 0 bridgehead atoms. The highest BCUT2D eigenvalue weighted by atomic mass is 79.9. The Hall–Kier alpha value is -0.390. The predicted octanol–water partition coefficient (Wildman–Crippen LogP) is 2.33. The second-order valence-electron chi connectivity index (χ2n) is 3.96. The number of halogens is 1. The van der Waals surface area contributed by atoms with Crippen molar-refractivity contribution in [3.05, 3.63) is 20.8 Å². The minimum absolute atomic E-state index is 0.172. The van der Waals surface area contributed by atoms with Gasteiger partial charge in [0.05, 0.1) is 8.66 Å². The van der Waals surface area contributed by atoms with Gasteiger partial charge in [-0.25, -0.2) is 0 Å². The first-order valence-electron chi connectivity index (χ1n) is 5.42. The van der Waals surface area contributed by atoms with Gasteiger partial charge in [-0.15, -0.1) is 11.3 Å². The lowest BCUT2D eigenvalue weighted by Crippen LogP contribution is -2.43. The van der Waals surface area contributed by atoms with Crippen LogP contribution in [0.15, 0.2) is 15.9 Å². The van der Waals surface area contributed by atoms with E-state index < -0.39 is 0 Å². The molecule has 0 unspecified atom stereocenters. The van der Waals surface area contributed by atoms with Crippen molar-refractivity contribution < 1.29 is 4.79 Å². The quantitative estimate of drug-likeness (QED) is 0.909. The molecule has 0 aromatic carbocycles. The average Bonchev–Trinajstić information content (AvgIpc) is 2.75. The number of nitrogens with one attached hydrogen (secondary N) is 1. The number of carbonyl (C=O) groups is 1. The van der Waals surface area contributed by atoms with Gasteiger partial charge >= 0.3 is 0 Å². The number of hydrogen-bond donors (Lipinski definition) is 1. The van der Waals surface area contributed by atoms with Gasteiger partial charge in [0, 0.05) is 19.1 Å². The van der Waals surface area contributed by atoms with Crippen molar-refractivity contribution in [3.8, 4) is 0 Å². The zero-order chi connectivity index (χ0) is 11.5. The molecule has 0 spiro atoms. The molecule has 0 atom stereocenters. The molecule has 2 heterocycles. The molecular formula is C11H15BrN2OS. The monoisotopic (exact) mass is 302 g/mol. The zero-order valence-corrected chi connectivity index (χ0v) is 11.6. The van der Waals surface area contributed by atoms with Gasteiger partial charge in [-0.05, 0) is 48.0 Å². The highest BCUT2D eigenvalue weighted by Gasteiger charge is 2.23. The first-order valence-corrected chi connectivity index (χ1v) is 7.03. The minimum Gasteiger partial charge on any atom is -0.338 e. The molecule has 0 radical (unpaired) electrons. The fraction of sp³-hybridized carbons (Fsp3) is 0.545. The van der Waals surface area contributed by atoms with Crippen molar-refractivity contribution >= 4 is 33.2 Å². The fourth-order valence-electron chi connectivity index (χ4n) is 1.96. The van der Waals surface area contributed by atoms with E-state index in [9.17, 15) is 4.79 Å². The van der Waals surface area contributed by atoms with Crippen LogP contribution in [-0.4, -0.2) is 37.0 Å². The second kappa shape index (κ2) is 5.29. The van der Waals surface area contributed by atoms with Crippen molar-refractivity contribution in [1.82, 2.24) is 10.2 Å². The van der Waals surface area contributed by atoms with Crippen molar-refractivity contribution in [2.45, 2.75) is 18.9 Å². The lowest BCUT2D eigenvalue weighted by Gasteiger charge is -2.31. The highest BCUT2D eigenvalue weighted by Crippen LogP contribution is 2.24. The van der Waals surface area contributed by atoms with E-state index in [1.54, 1.807) is 0 Å². The van der Waals surface area contributed by atoms with Crippen LogP contribution in [0.1, 0.15) is 22.5 Å². The molecule has 1 aliphatic rings. The standard InChI is InChI=1S/C11H15BrN2OS/c1-13-8-4-6-14(7-5-8)11(15)9-2-3-10(12)16-9/h2-3,8,13H,4-7H2,1H3. The Bertz CT molecular complexity index is 372. The van der Waals surface area contributed by atoms with Crippen molar-refractivity contribution in [2.75, 3.05) is 20.1 Å². The predicted molar refractivity (Wildman–Crippen MR) is 70.0 cm³/mol. The normalized spacial score (nSPS) is 17.8. The Balaban J connectivity index is 1.96. The molecule has 1 saturated heterocycles. The summed E-state index contributed by atoms with van der Waals surface area (Å²) < 4.78 is 1.01. The molecule has 0 saturated carbocycles. The molecule has 1 N–H and O–H groups in total. The number of hydrogen-bond acceptors (Lipinski definition) is 3. The third-order valence-corrected chi connectivity index (χ3v) is 4.59. The molecular weight excluding hydrogens is 288 g/mol. The van der Waals surface area contributed by atoms with E-state index >= 15 is 0 Å². The summed E-state index contributed by atoms with van der Waals surface area (Å²) in [5.41, 5.74) is 0. The zero-order valence-electron chi connectivity index (χ0n) is 9.20. The van der Waals surface area contributed by atoms with Crippen LogP contribution >= 0.6 is 27.3 Å². The number of piperidine rings is 1. The van der Waals surface area contributed by atoms with Gasteiger partial charge in [-0.3, -0.25) is 4.79 Å². The Kier molecular flexibility index (Phi) is 4.00. The molecule has 5 heteroatoms. The van der Waals surface area contributed by atoms with Crippen LogP contribution in [0.4, 0.5) is 0 Å². The van der Waals surface area contributed by atoms with Gasteiger partial charge in [0.1, 0.15) is 0 Å². The van der Waals surface area contributed by atoms with Crippen molar-refractivity contribution in [1.29, 1.82) is 0 Å². The lowest BCUT2D eigenvalue weighted by atomic mass is 10.1. The number of rotatable bonds is 2. The van der Waals surface area contributed by atoms with Crippen LogP contribution in [-0.2, 0) is 0 Å². The Morgan fingerprint density at radius 3 is 2.69 bits per heavy atom. The van der Waals surface area contributed by atoms with Gasteiger partial charge in [0.25, 0.3) is 5.91 Å². The lowest BCUT2D eigenvalue weighted by molar-refractivity contribution is 0.0712. The van der Waals surface area contributed by atoms with Crippen molar-refractivity contribution in [3.63, 3.8) is 0 Å². The van der Waals surface area contributed by atoms with E-state index in [0.29, 0.717) is 6.04 Å². The highest BCUT2D eigenvalue weighted by molar-refractivity contribution is 9.11. The Morgan fingerprint density at radius 2 is 2.19 bits per heavy atom. The first-order chi connectivity index (χ1) is 7.70. The fourth-order valence-corrected chi connectivity index (χ4v) is 3.31. The summed E-state index contributed by atoms with van der Waals surface area (Å²) in [4.78, 5) is 14.9. The van der Waals surface area contributed by atoms with Crippen LogP contribution in [0.5, 0.6) is 0 Å². The van der Waals surface area contributed by atoms with Crippen LogP contribution in [0.2, 0.25) is 0 Å². The summed E-state index contributed by atoms with van der Waals surface area (Å²) in [6.07, 6.45) is 2.10. The van der Waals surface area contributed by atoms with E-state index in [4.69, 9.17) is 0 Å². The average molecular weight is 303 g/mol. The van der Waals surface area contributed by atoms with E-state index in [1.807, 2.05) is 24.1 Å². The molecule has 16 heavy (non-hydrogen) atoms. The number of carbonyl (C=O) groups excluding carboxylic acids is 1. The first kappa shape index (κ1) is 12.1. The van der Waals surface area contributed by atoms with E-state index in [1.165, 1.54) is 11.3 Å². The summed E-state index contributed by atoms with van der Waals surface area (Å²) >= 11 is 4.89. The summed E-state index contributed by atoms with van der Waals surface area (Å²) in [5, 5.41) is 3.26. The number of thiophene rings is 1. The molecule has 1 aromatic heterocycles. The number of nitrogens with zero attached hydrogens (tertiary/aromatic N) is 1. The molecule has 3 nitrogen and oxygen atoms in total. The van der Waals surface area contributed by atoms with Crippen molar-refractivity contribution in [2.24, 2.45) is 0 Å². The van der Waals surface area contributed by atoms with Crippen LogP contribution in [0.25, 0.3) is 0 Å². The molecule has 2 rings (SSSR count). The molecule has 1 aromatic rings. The minimum atomic E-state index is 0.172. The van der Waals surface area contributed by atoms with Gasteiger partial charge in [0.2, 0.25) is 0 Å². The molecule has 1 aliphatic heterocycles. The number of amides is 1. The summed E-state index contributed by atoms with van der Waals surface area (Å²) in [6, 6.07) is 4.39. The molecule has 88 valence electrons. The summed E-state index contributed by atoms with van der Waals surface area (Å²) in [7, 11) is 1.98. The van der Waals surface area contributed by atoms with Gasteiger partial charge in [-0.2, -0.15) is 0 Å². The maximum absolute atomic E-state index is 12.1. The van der Waals surface area contributed by atoms with E-state index in [-0.39, 0.29) is 5.91 Å². The SMILES string of the molecule is CNC1CCN(C(=O)c2ccc(Br)s2)CC1. The maximum Gasteiger partial charge on any atom is 0.263 e. The maximum atomic E-state index is 12.1. The second-order valence-corrected chi connectivity index (χ2v) is 6.42. The number of likely N-dealkylation sites (tertiary alicyclic amines) is 1. The molecule has 1 amide bonds. The van der Waals surface area contributed by atoms with E-state index in [2.05, 4.69) is 21.2 Å². The Labute approximate surface area is 108 Å². The molecule has 1 fully saturated rings. The topological polar surface area (TPSA) is 32.3 Å². The van der Waals surface area contributed by atoms with Gasteiger partial charge in [0.15, 0.2) is 0 Å². The Morgan fingerprint density at radius 1 is 1.50 bits per heavy atom. The summed E-state index contributed by atoms with van der Waals surface area (Å²) in [6.45, 7) is 1.72. The van der Waals surface area contributed by atoms with Gasteiger partial charge in [-0.1, -0.05) is 0 Å². The smallest absolute Gasteiger partial charge is 0.263 e. The largest absolute Gasteiger partial charge is 0.338 e. The third kappa shape index (κ3) is 2.64. The van der Waals surface area contributed by atoms with Crippen LogP contribution < -0.4 is 5.32 Å².